The molecule has 4 rings (SSSR count). The van der Waals surface area contributed by atoms with Crippen LogP contribution in [-0.2, 0) is 0 Å². The summed E-state index contributed by atoms with van der Waals surface area (Å²) >= 11 is 1.70. The van der Waals surface area contributed by atoms with E-state index in [1.165, 1.54) is 27.8 Å². The number of fused-ring (bicyclic) bond motifs is 1. The molecule has 0 unspecified atom stereocenters. The number of aryl methyl sites for hydroxylation is 1. The molecule has 0 fully saturated rings. The zero-order valence-electron chi connectivity index (χ0n) is 12.3. The summed E-state index contributed by atoms with van der Waals surface area (Å²) in [6.45, 7) is 2.16. The highest BCUT2D eigenvalue weighted by atomic mass is 32.1. The van der Waals surface area contributed by atoms with Crippen LogP contribution in [0.15, 0.2) is 72.1 Å². The van der Waals surface area contributed by atoms with Gasteiger partial charge in [-0.15, -0.1) is 11.3 Å². The van der Waals surface area contributed by atoms with Crippen LogP contribution in [0.3, 0.4) is 0 Å². The smallest absolute Gasteiger partial charge is 0.124 e. The summed E-state index contributed by atoms with van der Waals surface area (Å²) in [5, 5.41) is 3.23. The maximum atomic E-state index is 4.85. The van der Waals surface area contributed by atoms with E-state index >= 15 is 0 Å². The Morgan fingerprint density at radius 2 is 1.45 bits per heavy atom. The topological polar surface area (TPSA) is 12.9 Å². The number of benzene rings is 1. The molecular weight excluding hydrogens is 286 g/mol. The Labute approximate surface area is 134 Å². The van der Waals surface area contributed by atoms with E-state index in [4.69, 9.17) is 4.98 Å². The summed E-state index contributed by atoms with van der Waals surface area (Å²) in [7, 11) is 0. The fourth-order valence-electron chi connectivity index (χ4n) is 2.82. The van der Waals surface area contributed by atoms with Crippen LogP contribution in [0.2, 0.25) is 0 Å². The van der Waals surface area contributed by atoms with Crippen molar-refractivity contribution >= 4 is 11.3 Å². The summed E-state index contributed by atoms with van der Waals surface area (Å²) in [4.78, 5) is 4.85. The normalized spacial score (nSPS) is 11.0. The molecule has 1 heterocycles. The third-order valence-electron chi connectivity index (χ3n) is 3.91. The molecular formula is C20H15NS. The second kappa shape index (κ2) is 5.39. The first-order valence-electron chi connectivity index (χ1n) is 7.32. The van der Waals surface area contributed by atoms with Crippen LogP contribution in [-0.4, -0.2) is 4.98 Å². The number of hydrogen-bond donors (Lipinski definition) is 0. The number of hydrogen-bond acceptors (Lipinski definition) is 2. The van der Waals surface area contributed by atoms with E-state index in [0.29, 0.717) is 0 Å². The van der Waals surface area contributed by atoms with Crippen LogP contribution in [0.1, 0.15) is 5.56 Å². The van der Waals surface area contributed by atoms with Crippen molar-refractivity contribution in [1.82, 2.24) is 4.98 Å². The van der Waals surface area contributed by atoms with Crippen LogP contribution in [0.5, 0.6) is 0 Å². The predicted molar refractivity (Wildman–Crippen MR) is 94.3 cm³/mol. The maximum absolute atomic E-state index is 4.85. The Morgan fingerprint density at radius 1 is 0.773 bits per heavy atom. The predicted octanol–water partition coefficient (Wildman–Crippen LogP) is 5.89. The number of rotatable bonds is 2. The molecule has 0 spiro atoms. The Morgan fingerprint density at radius 3 is 2.23 bits per heavy atom. The number of thiazole rings is 1. The molecule has 2 aliphatic carbocycles. The van der Waals surface area contributed by atoms with Crippen LogP contribution in [0, 0.1) is 6.92 Å². The van der Waals surface area contributed by atoms with E-state index in [1.807, 2.05) is 6.07 Å². The molecule has 0 atom stereocenters. The summed E-state index contributed by atoms with van der Waals surface area (Å²) < 4.78 is 0. The van der Waals surface area contributed by atoms with Gasteiger partial charge in [0.05, 0.1) is 5.69 Å². The van der Waals surface area contributed by atoms with Crippen molar-refractivity contribution in [3.63, 3.8) is 0 Å². The standard InChI is InChI=1S/C20H15NS/c1-14-12-18(17-11-7-3-6-10-16(14)17)19-13-22-20(21-19)15-8-4-2-5-9-15/h2-13H,1H3. The Bertz CT molecular complexity index is 893. The van der Waals surface area contributed by atoms with E-state index in [1.54, 1.807) is 11.3 Å². The summed E-state index contributed by atoms with van der Waals surface area (Å²) in [6.07, 6.45) is 0. The quantitative estimate of drug-likeness (QED) is 0.450. The van der Waals surface area contributed by atoms with Gasteiger partial charge in [0, 0.05) is 16.5 Å². The number of nitrogens with zero attached hydrogens (tertiary/aromatic N) is 1. The molecule has 0 radical (unpaired) electrons. The average Bonchev–Trinajstić information content (AvgIpc) is 3.06. The van der Waals surface area contributed by atoms with Gasteiger partial charge in [0.2, 0.25) is 0 Å². The van der Waals surface area contributed by atoms with E-state index in [-0.39, 0.29) is 0 Å². The largest absolute Gasteiger partial charge is 0.236 e. The van der Waals surface area contributed by atoms with Crippen molar-refractivity contribution in [1.29, 1.82) is 0 Å². The van der Waals surface area contributed by atoms with Gasteiger partial charge in [0.1, 0.15) is 5.01 Å². The molecule has 2 aromatic rings. The van der Waals surface area contributed by atoms with Crippen molar-refractivity contribution in [2.24, 2.45) is 0 Å². The zero-order chi connectivity index (χ0) is 14.9. The van der Waals surface area contributed by atoms with Crippen molar-refractivity contribution in [2.75, 3.05) is 0 Å². The molecule has 2 aliphatic rings. The van der Waals surface area contributed by atoms with Gasteiger partial charge in [-0.3, -0.25) is 0 Å². The molecule has 0 amide bonds. The second-order valence-corrected chi connectivity index (χ2v) is 6.24. The lowest BCUT2D eigenvalue weighted by atomic mass is 10.1. The highest BCUT2D eigenvalue weighted by molar-refractivity contribution is 7.13. The van der Waals surface area contributed by atoms with Gasteiger partial charge in [-0.25, -0.2) is 4.98 Å². The second-order valence-electron chi connectivity index (χ2n) is 5.38. The summed E-state index contributed by atoms with van der Waals surface area (Å²) in [5.74, 6) is 0. The molecule has 0 saturated heterocycles. The van der Waals surface area contributed by atoms with E-state index in [2.05, 4.69) is 73.0 Å². The van der Waals surface area contributed by atoms with Crippen molar-refractivity contribution in [2.45, 2.75) is 6.92 Å². The minimum Gasteiger partial charge on any atom is -0.236 e. The van der Waals surface area contributed by atoms with Gasteiger partial charge < -0.3 is 0 Å². The average molecular weight is 301 g/mol. The minimum atomic E-state index is 1.06. The van der Waals surface area contributed by atoms with Crippen molar-refractivity contribution < 1.29 is 0 Å². The highest BCUT2D eigenvalue weighted by Gasteiger charge is 2.16. The van der Waals surface area contributed by atoms with Crippen molar-refractivity contribution in [3.8, 4) is 33.0 Å². The molecule has 0 bridgehead atoms. The first kappa shape index (κ1) is 13.2. The summed E-state index contributed by atoms with van der Waals surface area (Å²) in [6, 6.07) is 23.2. The minimum absolute atomic E-state index is 1.06. The van der Waals surface area contributed by atoms with Crippen LogP contribution >= 0.6 is 11.3 Å². The van der Waals surface area contributed by atoms with E-state index < -0.39 is 0 Å². The Hall–Kier alpha value is -2.45. The van der Waals surface area contributed by atoms with Gasteiger partial charge >= 0.3 is 0 Å². The first-order chi connectivity index (χ1) is 10.8. The molecule has 106 valence electrons. The first-order valence-corrected chi connectivity index (χ1v) is 8.20. The monoisotopic (exact) mass is 301 g/mol. The molecule has 1 aromatic carbocycles. The van der Waals surface area contributed by atoms with Gasteiger partial charge in [-0.2, -0.15) is 0 Å². The molecule has 1 aromatic heterocycles. The van der Waals surface area contributed by atoms with Gasteiger partial charge in [0.15, 0.2) is 0 Å². The Kier molecular flexibility index (Phi) is 3.24. The maximum Gasteiger partial charge on any atom is 0.124 e. The third-order valence-corrected chi connectivity index (χ3v) is 4.81. The molecule has 22 heavy (non-hydrogen) atoms. The molecule has 2 heteroatoms. The van der Waals surface area contributed by atoms with Crippen LogP contribution in [0.25, 0.3) is 33.0 Å². The molecule has 0 saturated carbocycles. The lowest BCUT2D eigenvalue weighted by Crippen LogP contribution is -1.79. The van der Waals surface area contributed by atoms with Crippen LogP contribution in [0.4, 0.5) is 0 Å². The lowest BCUT2D eigenvalue weighted by molar-refractivity contribution is 1.41. The molecule has 0 aliphatic heterocycles. The van der Waals surface area contributed by atoms with E-state index in [9.17, 15) is 0 Å². The fraction of sp³-hybridized carbons (Fsp3) is 0.0500. The Balaban J connectivity index is 1.83. The fourth-order valence-corrected chi connectivity index (χ4v) is 3.65. The lowest BCUT2D eigenvalue weighted by Gasteiger charge is -1.98. The molecule has 0 N–H and O–H groups in total. The summed E-state index contributed by atoms with van der Waals surface area (Å²) in [5.41, 5.74) is 7.34. The van der Waals surface area contributed by atoms with E-state index in [0.717, 1.165) is 10.7 Å². The van der Waals surface area contributed by atoms with Crippen LogP contribution < -0.4 is 0 Å². The SMILES string of the molecule is Cc1cc(-c2csc(-c3ccccc3)n2)c2cccccc1-2. The zero-order valence-corrected chi connectivity index (χ0v) is 13.1. The molecule has 1 nitrogen and oxygen atoms in total. The third kappa shape index (κ3) is 2.22. The van der Waals surface area contributed by atoms with Crippen molar-refractivity contribution in [3.05, 3.63) is 77.7 Å². The number of aromatic nitrogens is 1. The van der Waals surface area contributed by atoms with Gasteiger partial charge in [-0.1, -0.05) is 60.7 Å². The highest BCUT2D eigenvalue weighted by Crippen LogP contribution is 2.39. The van der Waals surface area contributed by atoms with Gasteiger partial charge in [-0.05, 0) is 29.7 Å². The van der Waals surface area contributed by atoms with Gasteiger partial charge in [0.25, 0.3) is 0 Å².